The minimum absolute atomic E-state index is 0.143. The van der Waals surface area contributed by atoms with Crippen molar-refractivity contribution in [3.05, 3.63) is 29.3 Å². The first kappa shape index (κ1) is 11.2. The summed E-state index contributed by atoms with van der Waals surface area (Å²) in [6.07, 6.45) is 0. The van der Waals surface area contributed by atoms with Crippen molar-refractivity contribution in [1.82, 2.24) is 3.11 Å². The van der Waals surface area contributed by atoms with Gasteiger partial charge in [-0.2, -0.15) is 0 Å². The fourth-order valence-corrected chi connectivity index (χ4v) is 2.83. The van der Waals surface area contributed by atoms with Gasteiger partial charge in [-0.15, -0.1) is 0 Å². The van der Waals surface area contributed by atoms with E-state index in [-0.39, 0.29) is 21.5 Å². The Kier molecular flexibility index (Phi) is 3.51. The average molecular weight is 318 g/mol. The average Bonchev–Trinajstić information content (AvgIpc) is 2.27. The zero-order chi connectivity index (χ0) is 10.8. The number of ether oxygens (including phenoxy) is 1. The van der Waals surface area contributed by atoms with E-state index in [4.69, 9.17) is 4.74 Å². The van der Waals surface area contributed by atoms with E-state index >= 15 is 0 Å². The van der Waals surface area contributed by atoms with Crippen LogP contribution in [-0.2, 0) is 6.54 Å². The molecule has 1 aromatic carbocycles. The fraction of sp³-hybridized carbons (Fsp3) is 0.500. The molecule has 2 rings (SSSR count). The van der Waals surface area contributed by atoms with Gasteiger partial charge in [0, 0.05) is 0 Å². The van der Waals surface area contributed by atoms with Gasteiger partial charge >= 0.3 is 102 Å². The molecule has 15 heavy (non-hydrogen) atoms. The van der Waals surface area contributed by atoms with E-state index < -0.39 is 0 Å². The molecule has 0 N–H and O–H groups in total. The van der Waals surface area contributed by atoms with Crippen molar-refractivity contribution in [2.75, 3.05) is 11.7 Å². The summed E-state index contributed by atoms with van der Waals surface area (Å²) >= 11 is 0.143. The summed E-state index contributed by atoms with van der Waals surface area (Å²) in [7, 11) is 0. The Bertz CT molecular complexity index is 351. The van der Waals surface area contributed by atoms with Gasteiger partial charge in [-0.05, 0) is 0 Å². The Morgan fingerprint density at radius 3 is 2.87 bits per heavy atom. The zero-order valence-corrected chi connectivity index (χ0v) is 11.6. The van der Waals surface area contributed by atoms with E-state index in [1.165, 1.54) is 11.1 Å². The number of benzene rings is 1. The fourth-order valence-electron chi connectivity index (χ4n) is 1.70. The van der Waals surface area contributed by atoms with Crippen molar-refractivity contribution >= 4 is 0 Å². The SMILES string of the molecule is C[I-]N1COc2ccc(C(C)C)cc2C1. The first-order chi connectivity index (χ1) is 7.20. The van der Waals surface area contributed by atoms with Crippen LogP contribution in [0, 0.1) is 0 Å². The van der Waals surface area contributed by atoms with Gasteiger partial charge < -0.3 is 0 Å². The molecular weight excluding hydrogens is 301 g/mol. The summed E-state index contributed by atoms with van der Waals surface area (Å²) in [6.45, 7) is 6.31. The summed E-state index contributed by atoms with van der Waals surface area (Å²) in [5.74, 6) is 1.68. The molecular formula is C12H17INO-. The minimum atomic E-state index is 0.143. The molecule has 0 atom stereocenters. The monoisotopic (exact) mass is 318 g/mol. The van der Waals surface area contributed by atoms with Crippen molar-refractivity contribution < 1.29 is 26.2 Å². The number of hydrogen-bond acceptors (Lipinski definition) is 2. The van der Waals surface area contributed by atoms with E-state index in [9.17, 15) is 0 Å². The Morgan fingerprint density at radius 1 is 1.40 bits per heavy atom. The second-order valence-electron chi connectivity index (χ2n) is 4.09. The molecule has 1 aliphatic rings. The first-order valence-electron chi connectivity index (χ1n) is 5.21. The molecule has 0 fully saturated rings. The van der Waals surface area contributed by atoms with Crippen molar-refractivity contribution in [2.45, 2.75) is 26.3 Å². The van der Waals surface area contributed by atoms with E-state index in [0.717, 1.165) is 19.0 Å². The molecule has 0 aliphatic carbocycles. The molecule has 1 heterocycles. The van der Waals surface area contributed by atoms with E-state index in [0.29, 0.717) is 5.92 Å². The van der Waals surface area contributed by atoms with Crippen molar-refractivity contribution in [3.8, 4) is 5.75 Å². The third-order valence-electron chi connectivity index (χ3n) is 2.69. The van der Waals surface area contributed by atoms with Crippen LogP contribution in [0.15, 0.2) is 18.2 Å². The summed E-state index contributed by atoms with van der Waals surface area (Å²) in [5.41, 5.74) is 2.77. The second-order valence-corrected chi connectivity index (χ2v) is 6.41. The predicted molar refractivity (Wildman–Crippen MR) is 57.5 cm³/mol. The molecule has 0 spiro atoms. The van der Waals surface area contributed by atoms with Gasteiger partial charge in [0.2, 0.25) is 0 Å². The zero-order valence-electron chi connectivity index (χ0n) is 9.46. The Morgan fingerprint density at radius 2 is 2.20 bits per heavy atom. The van der Waals surface area contributed by atoms with Gasteiger partial charge in [-0.1, -0.05) is 0 Å². The quantitative estimate of drug-likeness (QED) is 0.418. The molecule has 0 radical (unpaired) electrons. The normalized spacial score (nSPS) is 16.5. The van der Waals surface area contributed by atoms with Crippen molar-refractivity contribution in [3.63, 3.8) is 0 Å². The Balaban J connectivity index is 2.26. The van der Waals surface area contributed by atoms with E-state index in [1.807, 2.05) is 0 Å². The van der Waals surface area contributed by atoms with Gasteiger partial charge in [0.15, 0.2) is 0 Å². The number of halogens is 1. The van der Waals surface area contributed by atoms with Crippen LogP contribution in [0.25, 0.3) is 0 Å². The van der Waals surface area contributed by atoms with Gasteiger partial charge in [-0.3, -0.25) is 0 Å². The summed E-state index contributed by atoms with van der Waals surface area (Å²) in [4.78, 5) is 2.28. The van der Waals surface area contributed by atoms with Gasteiger partial charge in [0.1, 0.15) is 0 Å². The molecule has 3 heteroatoms. The number of fused-ring (bicyclic) bond motifs is 1. The molecule has 2 nitrogen and oxygen atoms in total. The van der Waals surface area contributed by atoms with Crippen LogP contribution in [0.1, 0.15) is 30.9 Å². The molecule has 0 amide bonds. The number of alkyl halides is 1. The number of hydrogen-bond donors (Lipinski definition) is 0. The van der Waals surface area contributed by atoms with Gasteiger partial charge in [0.25, 0.3) is 0 Å². The van der Waals surface area contributed by atoms with Crippen LogP contribution in [0.5, 0.6) is 5.75 Å². The molecule has 0 aromatic heterocycles. The molecule has 0 unspecified atom stereocenters. The van der Waals surface area contributed by atoms with Gasteiger partial charge in [0.05, 0.1) is 0 Å². The van der Waals surface area contributed by atoms with E-state index in [2.05, 4.69) is 40.1 Å². The van der Waals surface area contributed by atoms with Gasteiger partial charge in [-0.25, -0.2) is 0 Å². The molecule has 1 aromatic rings. The third-order valence-corrected chi connectivity index (χ3v) is 4.68. The van der Waals surface area contributed by atoms with Crippen molar-refractivity contribution in [2.24, 2.45) is 0 Å². The molecule has 1 aliphatic heterocycles. The summed E-state index contributed by atoms with van der Waals surface area (Å²) < 4.78 is 8.12. The molecule has 84 valence electrons. The topological polar surface area (TPSA) is 12.5 Å². The predicted octanol–water partition coefficient (Wildman–Crippen LogP) is -0.404. The maximum atomic E-state index is 5.72. The molecule has 0 saturated carbocycles. The van der Waals surface area contributed by atoms with Crippen LogP contribution < -0.4 is 26.2 Å². The number of nitrogens with zero attached hydrogens (tertiary/aromatic N) is 1. The van der Waals surface area contributed by atoms with Crippen LogP contribution in [-0.4, -0.2) is 14.8 Å². The third kappa shape index (κ3) is 2.45. The maximum absolute atomic E-state index is 5.72. The molecule has 0 bridgehead atoms. The van der Waals surface area contributed by atoms with Crippen LogP contribution >= 0.6 is 0 Å². The van der Waals surface area contributed by atoms with Crippen LogP contribution in [0.3, 0.4) is 0 Å². The second kappa shape index (κ2) is 4.70. The first-order valence-corrected chi connectivity index (χ1v) is 8.33. The van der Waals surface area contributed by atoms with Crippen molar-refractivity contribution in [1.29, 1.82) is 0 Å². The van der Waals surface area contributed by atoms with Crippen LogP contribution in [0.4, 0.5) is 0 Å². The van der Waals surface area contributed by atoms with E-state index in [1.54, 1.807) is 0 Å². The number of rotatable bonds is 2. The summed E-state index contributed by atoms with van der Waals surface area (Å²) in [6, 6.07) is 6.60. The summed E-state index contributed by atoms with van der Waals surface area (Å²) in [5, 5.41) is 0. The standard InChI is InChI=1S/C12H17INO/c1-9(2)10-4-5-12-11(6-10)7-14(13-3)8-15-12/h4-6,9H,7-8H2,1-3H3/q-1. The Hall–Kier alpha value is -0.290. The molecule has 0 saturated heterocycles. The Labute approximate surface area is 102 Å². The van der Waals surface area contributed by atoms with Crippen LogP contribution in [0.2, 0.25) is 0 Å².